The van der Waals surface area contributed by atoms with Gasteiger partial charge in [-0.15, -0.1) is 0 Å². The van der Waals surface area contributed by atoms with E-state index in [1.165, 1.54) is 11.1 Å². The maximum atomic E-state index is 5.89. The Morgan fingerprint density at radius 1 is 1.35 bits per heavy atom. The van der Waals surface area contributed by atoms with Crippen LogP contribution >= 0.6 is 0 Å². The van der Waals surface area contributed by atoms with E-state index in [0.29, 0.717) is 12.0 Å². The first-order valence-corrected chi connectivity index (χ1v) is 6.67. The molecule has 1 heterocycles. The molecule has 0 bridgehead atoms. The molecule has 0 fully saturated rings. The van der Waals surface area contributed by atoms with Gasteiger partial charge in [-0.1, -0.05) is 32.9 Å². The van der Waals surface area contributed by atoms with Gasteiger partial charge in [-0.3, -0.25) is 0 Å². The zero-order valence-corrected chi connectivity index (χ0v) is 11.3. The van der Waals surface area contributed by atoms with Crippen molar-refractivity contribution < 1.29 is 4.74 Å². The summed E-state index contributed by atoms with van der Waals surface area (Å²) in [5, 5.41) is 3.58. The molecule has 0 aliphatic carbocycles. The molecule has 1 aliphatic heterocycles. The monoisotopic (exact) mass is 233 g/mol. The highest BCUT2D eigenvalue weighted by Gasteiger charge is 2.30. The highest BCUT2D eigenvalue weighted by molar-refractivity contribution is 5.44. The summed E-state index contributed by atoms with van der Waals surface area (Å²) in [6, 6.07) is 6.95. The second-order valence-electron chi connectivity index (χ2n) is 5.21. The molecular formula is C15H23NO. The molecule has 2 nitrogen and oxygen atoms in total. The smallest absolute Gasteiger partial charge is 0.124 e. The minimum atomic E-state index is 0.235. The number of ether oxygens (including phenoxy) is 1. The average Bonchev–Trinajstić information content (AvgIpc) is 2.61. The Morgan fingerprint density at radius 3 is 2.76 bits per heavy atom. The second-order valence-corrected chi connectivity index (χ2v) is 5.21. The number of fused-ring (bicyclic) bond motifs is 1. The maximum absolute atomic E-state index is 5.89. The van der Waals surface area contributed by atoms with Crippen LogP contribution in [0.4, 0.5) is 0 Å². The van der Waals surface area contributed by atoms with Gasteiger partial charge in [0.1, 0.15) is 11.9 Å². The summed E-state index contributed by atoms with van der Waals surface area (Å²) in [7, 11) is 0. The van der Waals surface area contributed by atoms with Crippen LogP contribution in [0.1, 0.15) is 57.2 Å². The number of hydrogen-bond donors (Lipinski definition) is 1. The van der Waals surface area contributed by atoms with Crippen molar-refractivity contribution in [3.05, 3.63) is 29.3 Å². The van der Waals surface area contributed by atoms with E-state index in [1.807, 2.05) is 0 Å². The molecule has 2 heteroatoms. The van der Waals surface area contributed by atoms with E-state index in [0.717, 1.165) is 18.7 Å². The highest BCUT2D eigenvalue weighted by atomic mass is 16.5. The van der Waals surface area contributed by atoms with Crippen LogP contribution in [0.2, 0.25) is 0 Å². The third kappa shape index (κ3) is 2.47. The summed E-state index contributed by atoms with van der Waals surface area (Å²) in [4.78, 5) is 0. The lowest BCUT2D eigenvalue weighted by Gasteiger charge is -2.16. The van der Waals surface area contributed by atoms with Gasteiger partial charge in [0.15, 0.2) is 0 Å². The predicted octanol–water partition coefficient (Wildman–Crippen LogP) is 3.63. The van der Waals surface area contributed by atoms with Gasteiger partial charge in [-0.25, -0.2) is 0 Å². The molecule has 0 radical (unpaired) electrons. The largest absolute Gasteiger partial charge is 0.488 e. The lowest BCUT2D eigenvalue weighted by atomic mass is 9.96. The molecule has 94 valence electrons. The van der Waals surface area contributed by atoms with Crippen molar-refractivity contribution in [2.75, 3.05) is 6.54 Å². The molecule has 0 amide bonds. The summed E-state index contributed by atoms with van der Waals surface area (Å²) in [6.07, 6.45) is 1.39. The third-order valence-electron chi connectivity index (χ3n) is 3.43. The third-order valence-corrected chi connectivity index (χ3v) is 3.43. The van der Waals surface area contributed by atoms with Crippen molar-refractivity contribution in [1.29, 1.82) is 0 Å². The quantitative estimate of drug-likeness (QED) is 0.857. The van der Waals surface area contributed by atoms with Crippen molar-refractivity contribution in [2.45, 2.75) is 52.2 Å². The molecule has 2 rings (SSSR count). The minimum absolute atomic E-state index is 0.235. The summed E-state index contributed by atoms with van der Waals surface area (Å²) < 4.78 is 5.89. The van der Waals surface area contributed by atoms with Gasteiger partial charge >= 0.3 is 0 Å². The van der Waals surface area contributed by atoms with Crippen molar-refractivity contribution in [3.8, 4) is 5.75 Å². The van der Waals surface area contributed by atoms with E-state index in [1.54, 1.807) is 0 Å². The molecule has 17 heavy (non-hydrogen) atoms. The molecule has 0 spiro atoms. The summed E-state index contributed by atoms with van der Waals surface area (Å²) in [5.41, 5.74) is 2.72. The van der Waals surface area contributed by atoms with Crippen LogP contribution in [0.15, 0.2) is 18.2 Å². The van der Waals surface area contributed by atoms with Crippen LogP contribution in [0, 0.1) is 0 Å². The highest BCUT2D eigenvalue weighted by Crippen LogP contribution is 2.38. The van der Waals surface area contributed by atoms with Gasteiger partial charge in [0, 0.05) is 5.56 Å². The Bertz CT molecular complexity index is 387. The molecule has 2 unspecified atom stereocenters. The Balaban J connectivity index is 2.26. The Labute approximate surface area is 104 Å². The molecule has 1 aromatic rings. The van der Waals surface area contributed by atoms with Crippen molar-refractivity contribution in [3.63, 3.8) is 0 Å². The topological polar surface area (TPSA) is 21.3 Å². The molecule has 0 saturated carbocycles. The molecule has 1 aliphatic rings. The van der Waals surface area contributed by atoms with Crippen LogP contribution in [0.25, 0.3) is 0 Å². The van der Waals surface area contributed by atoms with E-state index in [4.69, 9.17) is 4.74 Å². The average molecular weight is 233 g/mol. The van der Waals surface area contributed by atoms with E-state index in [2.05, 4.69) is 51.2 Å². The van der Waals surface area contributed by atoms with E-state index >= 15 is 0 Å². The summed E-state index contributed by atoms with van der Waals surface area (Å²) in [6.45, 7) is 9.84. The zero-order valence-electron chi connectivity index (χ0n) is 11.3. The fraction of sp³-hybridized carbons (Fsp3) is 0.600. The Hall–Kier alpha value is -1.02. The first-order valence-electron chi connectivity index (χ1n) is 6.67. The van der Waals surface area contributed by atoms with E-state index in [9.17, 15) is 0 Å². The van der Waals surface area contributed by atoms with Gasteiger partial charge in [0.05, 0.1) is 6.04 Å². The number of rotatable bonds is 4. The standard InChI is InChI=1S/C15H23NO/c1-5-8-16-15-11(4)17-14-7-6-12(10(2)3)9-13(14)15/h6-7,9-11,15-16H,5,8H2,1-4H3. The van der Waals surface area contributed by atoms with Crippen molar-refractivity contribution in [2.24, 2.45) is 0 Å². The van der Waals surface area contributed by atoms with Crippen LogP contribution in [-0.4, -0.2) is 12.6 Å². The van der Waals surface area contributed by atoms with Crippen molar-refractivity contribution in [1.82, 2.24) is 5.32 Å². The van der Waals surface area contributed by atoms with Crippen LogP contribution in [0.3, 0.4) is 0 Å². The maximum Gasteiger partial charge on any atom is 0.124 e. The van der Waals surface area contributed by atoms with Gasteiger partial charge in [-0.2, -0.15) is 0 Å². The first kappa shape index (κ1) is 12.4. The van der Waals surface area contributed by atoms with Crippen LogP contribution in [0.5, 0.6) is 5.75 Å². The Morgan fingerprint density at radius 2 is 2.12 bits per heavy atom. The minimum Gasteiger partial charge on any atom is -0.488 e. The molecule has 2 atom stereocenters. The van der Waals surface area contributed by atoms with Crippen molar-refractivity contribution >= 4 is 0 Å². The normalized spacial score (nSPS) is 22.6. The summed E-state index contributed by atoms with van der Waals surface area (Å²) in [5.74, 6) is 1.62. The summed E-state index contributed by atoms with van der Waals surface area (Å²) >= 11 is 0. The molecule has 0 aromatic heterocycles. The predicted molar refractivity (Wildman–Crippen MR) is 71.7 cm³/mol. The van der Waals surface area contributed by atoms with Gasteiger partial charge in [0.25, 0.3) is 0 Å². The zero-order chi connectivity index (χ0) is 12.4. The Kier molecular flexibility index (Phi) is 3.72. The SMILES string of the molecule is CCCNC1c2cc(C(C)C)ccc2OC1C. The fourth-order valence-electron chi connectivity index (χ4n) is 2.37. The number of benzene rings is 1. The van der Waals surface area contributed by atoms with Crippen LogP contribution < -0.4 is 10.1 Å². The first-order chi connectivity index (χ1) is 8.13. The van der Waals surface area contributed by atoms with Crippen LogP contribution in [-0.2, 0) is 0 Å². The van der Waals surface area contributed by atoms with E-state index < -0.39 is 0 Å². The second kappa shape index (κ2) is 5.09. The van der Waals surface area contributed by atoms with Gasteiger partial charge < -0.3 is 10.1 Å². The molecule has 1 aromatic carbocycles. The molecule has 1 N–H and O–H groups in total. The lowest BCUT2D eigenvalue weighted by Crippen LogP contribution is -2.29. The molecule has 0 saturated heterocycles. The van der Waals surface area contributed by atoms with Gasteiger partial charge in [0.2, 0.25) is 0 Å². The molecular weight excluding hydrogens is 210 g/mol. The van der Waals surface area contributed by atoms with E-state index in [-0.39, 0.29) is 6.10 Å². The number of nitrogens with one attached hydrogen (secondary N) is 1. The fourth-order valence-corrected chi connectivity index (χ4v) is 2.37. The number of hydrogen-bond acceptors (Lipinski definition) is 2. The van der Waals surface area contributed by atoms with Gasteiger partial charge in [-0.05, 0) is 37.4 Å². The lowest BCUT2D eigenvalue weighted by molar-refractivity contribution is 0.210.